The van der Waals surface area contributed by atoms with Crippen molar-refractivity contribution in [3.8, 4) is 5.75 Å². The molecule has 4 atom stereocenters. The Morgan fingerprint density at radius 2 is 1.94 bits per heavy atom. The zero-order valence-electron chi connectivity index (χ0n) is 21.1. The highest BCUT2D eigenvalue weighted by atomic mass is 32.1. The first-order valence-electron chi connectivity index (χ1n) is 13.2. The summed E-state index contributed by atoms with van der Waals surface area (Å²) in [5.41, 5.74) is 4.74. The SMILES string of the molecule is CCC/C(=C\c1ccccc1O)CC[C@H]1OC[C@H]2C1=C(CC)C[C@H]1C(=O)N(Cc3cccs3)C(=O)[C@H]12. The number of aromatic hydroxyl groups is 1. The molecule has 3 heterocycles. The lowest BCUT2D eigenvalue weighted by atomic mass is 9.69. The number of nitrogens with zero attached hydrogens (tertiary/aromatic N) is 1. The second kappa shape index (κ2) is 10.7. The van der Waals surface area contributed by atoms with Gasteiger partial charge in [-0.1, -0.05) is 61.8 Å². The van der Waals surface area contributed by atoms with E-state index in [2.05, 4.69) is 19.9 Å². The number of imide groups is 1. The molecule has 1 aromatic carbocycles. The van der Waals surface area contributed by atoms with Gasteiger partial charge >= 0.3 is 0 Å². The summed E-state index contributed by atoms with van der Waals surface area (Å²) in [6.45, 7) is 5.22. The van der Waals surface area contributed by atoms with Crippen molar-refractivity contribution in [3.63, 3.8) is 0 Å². The number of carbonyl (C=O) groups excluding carboxylic acids is 2. The van der Waals surface area contributed by atoms with E-state index in [0.29, 0.717) is 25.3 Å². The largest absolute Gasteiger partial charge is 0.507 e. The zero-order chi connectivity index (χ0) is 25.2. The zero-order valence-corrected chi connectivity index (χ0v) is 21.9. The molecule has 2 saturated heterocycles. The Morgan fingerprint density at radius 3 is 2.67 bits per heavy atom. The van der Waals surface area contributed by atoms with Crippen LogP contribution in [0.15, 0.2) is 58.5 Å². The summed E-state index contributed by atoms with van der Waals surface area (Å²) in [6.07, 6.45) is 7.41. The van der Waals surface area contributed by atoms with Gasteiger partial charge in [0.25, 0.3) is 0 Å². The Morgan fingerprint density at radius 1 is 1.11 bits per heavy atom. The minimum atomic E-state index is -0.292. The molecule has 3 aliphatic rings. The van der Waals surface area contributed by atoms with Crippen LogP contribution in [0.1, 0.15) is 62.8 Å². The standard InChI is InChI=1S/C30H35NO4S/c1-3-8-19(15-21-9-5-6-11-25(21)32)12-13-26-27-20(4-2)16-23-28(24(27)18-35-26)30(34)31(29(23)33)17-22-10-7-14-36-22/h5-7,9-11,14-15,23-24,26,28,32H,3-4,8,12-13,16-18H2,1-2H3/b19-15+/t23-,24+,26-,28-/m1/s1. The third-order valence-corrected chi connectivity index (χ3v) is 8.88. The maximum atomic E-state index is 13.5. The fourth-order valence-corrected chi connectivity index (χ4v) is 7.02. The van der Waals surface area contributed by atoms with Gasteiger partial charge in [0.1, 0.15) is 5.75 Å². The Bertz CT molecular complexity index is 1180. The Hall–Kier alpha value is -2.70. The minimum Gasteiger partial charge on any atom is -0.507 e. The third-order valence-electron chi connectivity index (χ3n) is 8.02. The summed E-state index contributed by atoms with van der Waals surface area (Å²) in [7, 11) is 0. The summed E-state index contributed by atoms with van der Waals surface area (Å²) < 4.78 is 6.35. The van der Waals surface area contributed by atoms with E-state index in [-0.39, 0.29) is 35.7 Å². The lowest BCUT2D eigenvalue weighted by molar-refractivity contribution is -0.140. The number of thiophene rings is 1. The van der Waals surface area contributed by atoms with Crippen molar-refractivity contribution >= 4 is 29.2 Å². The molecule has 5 rings (SSSR count). The summed E-state index contributed by atoms with van der Waals surface area (Å²) in [4.78, 5) is 29.4. The molecule has 2 fully saturated rings. The number of carbonyl (C=O) groups is 2. The fraction of sp³-hybridized carbons (Fsp3) is 0.467. The molecular formula is C30H35NO4S. The summed E-state index contributed by atoms with van der Waals surface area (Å²) in [5.74, 6) is -0.270. The maximum Gasteiger partial charge on any atom is 0.234 e. The number of ether oxygens (including phenoxy) is 1. The molecule has 0 spiro atoms. The number of phenolic OH excluding ortho intramolecular Hbond substituents is 1. The van der Waals surface area contributed by atoms with E-state index < -0.39 is 0 Å². The van der Waals surface area contributed by atoms with Crippen molar-refractivity contribution in [1.29, 1.82) is 0 Å². The van der Waals surface area contributed by atoms with E-state index in [1.807, 2.05) is 35.7 Å². The molecule has 5 nitrogen and oxygen atoms in total. The van der Waals surface area contributed by atoms with Crippen LogP contribution in [0.3, 0.4) is 0 Å². The van der Waals surface area contributed by atoms with Crippen LogP contribution in [0.4, 0.5) is 0 Å². The molecular weight excluding hydrogens is 470 g/mol. The minimum absolute atomic E-state index is 0.00487. The quantitative estimate of drug-likeness (QED) is 0.319. The van der Waals surface area contributed by atoms with Crippen LogP contribution in [-0.2, 0) is 20.9 Å². The predicted octanol–water partition coefficient (Wildman–Crippen LogP) is 6.34. The average Bonchev–Trinajstić information content (AvgIpc) is 3.60. The molecule has 2 amide bonds. The Kier molecular flexibility index (Phi) is 7.44. The van der Waals surface area contributed by atoms with Crippen LogP contribution in [0, 0.1) is 17.8 Å². The van der Waals surface area contributed by atoms with Crippen LogP contribution < -0.4 is 0 Å². The van der Waals surface area contributed by atoms with Crippen LogP contribution >= 0.6 is 11.3 Å². The van der Waals surface area contributed by atoms with E-state index in [9.17, 15) is 14.7 Å². The summed E-state index contributed by atoms with van der Waals surface area (Å²) >= 11 is 1.58. The molecule has 0 bridgehead atoms. The van der Waals surface area contributed by atoms with Crippen LogP contribution in [0.25, 0.3) is 6.08 Å². The van der Waals surface area contributed by atoms with Crippen molar-refractivity contribution in [2.75, 3.05) is 6.61 Å². The van der Waals surface area contributed by atoms with Gasteiger partial charge in [0, 0.05) is 16.4 Å². The number of phenols is 1. The fourth-order valence-electron chi connectivity index (χ4n) is 6.33. The molecule has 1 aliphatic carbocycles. The Balaban J connectivity index is 1.34. The van der Waals surface area contributed by atoms with Gasteiger partial charge in [-0.3, -0.25) is 14.5 Å². The second-order valence-electron chi connectivity index (χ2n) is 10.2. The van der Waals surface area contributed by atoms with Crippen molar-refractivity contribution in [3.05, 3.63) is 68.9 Å². The van der Waals surface area contributed by atoms with Gasteiger partial charge in [-0.05, 0) is 55.2 Å². The van der Waals surface area contributed by atoms with E-state index in [1.54, 1.807) is 17.4 Å². The highest BCUT2D eigenvalue weighted by Crippen LogP contribution is 2.50. The Labute approximate surface area is 217 Å². The highest BCUT2D eigenvalue weighted by Gasteiger charge is 2.56. The van der Waals surface area contributed by atoms with Gasteiger partial charge in [-0.15, -0.1) is 11.3 Å². The van der Waals surface area contributed by atoms with Gasteiger partial charge < -0.3 is 9.84 Å². The number of benzene rings is 1. The average molecular weight is 506 g/mol. The van der Waals surface area contributed by atoms with Gasteiger partial charge in [-0.25, -0.2) is 0 Å². The van der Waals surface area contributed by atoms with Crippen LogP contribution in [0.2, 0.25) is 0 Å². The highest BCUT2D eigenvalue weighted by molar-refractivity contribution is 7.09. The number of hydrogen-bond acceptors (Lipinski definition) is 5. The number of para-hydroxylation sites is 1. The van der Waals surface area contributed by atoms with Crippen molar-refractivity contribution in [2.24, 2.45) is 17.8 Å². The van der Waals surface area contributed by atoms with E-state index in [4.69, 9.17) is 4.74 Å². The topological polar surface area (TPSA) is 66.8 Å². The molecule has 36 heavy (non-hydrogen) atoms. The van der Waals surface area contributed by atoms with Gasteiger partial charge in [0.05, 0.1) is 31.1 Å². The number of rotatable bonds is 9. The van der Waals surface area contributed by atoms with E-state index in [1.165, 1.54) is 21.6 Å². The molecule has 0 saturated carbocycles. The normalized spacial score (nSPS) is 26.1. The molecule has 1 aromatic heterocycles. The molecule has 0 unspecified atom stereocenters. The summed E-state index contributed by atoms with van der Waals surface area (Å²) in [5, 5.41) is 12.2. The predicted molar refractivity (Wildman–Crippen MR) is 142 cm³/mol. The second-order valence-corrected chi connectivity index (χ2v) is 11.2. The van der Waals surface area contributed by atoms with E-state index >= 15 is 0 Å². The molecule has 0 radical (unpaired) electrons. The number of hydrogen-bond donors (Lipinski definition) is 1. The molecule has 1 N–H and O–H groups in total. The lowest BCUT2D eigenvalue weighted by Crippen LogP contribution is -2.34. The molecule has 190 valence electrons. The lowest BCUT2D eigenvalue weighted by Gasteiger charge is -2.31. The van der Waals surface area contributed by atoms with E-state index in [0.717, 1.165) is 42.5 Å². The van der Waals surface area contributed by atoms with Crippen molar-refractivity contribution < 1.29 is 19.4 Å². The number of allylic oxidation sites excluding steroid dienone is 2. The van der Waals surface area contributed by atoms with Gasteiger partial charge in [-0.2, -0.15) is 0 Å². The van der Waals surface area contributed by atoms with Crippen molar-refractivity contribution in [1.82, 2.24) is 4.90 Å². The first kappa shape index (κ1) is 25.0. The maximum absolute atomic E-state index is 13.5. The number of likely N-dealkylation sites (tertiary alicyclic amines) is 1. The van der Waals surface area contributed by atoms with Gasteiger partial charge in [0.2, 0.25) is 11.8 Å². The molecule has 2 aromatic rings. The summed E-state index contributed by atoms with van der Waals surface area (Å²) in [6, 6.07) is 11.4. The molecule has 2 aliphatic heterocycles. The molecule has 6 heteroatoms. The monoisotopic (exact) mass is 505 g/mol. The van der Waals surface area contributed by atoms with Crippen LogP contribution in [0.5, 0.6) is 5.75 Å². The first-order valence-corrected chi connectivity index (χ1v) is 14.1. The van der Waals surface area contributed by atoms with Gasteiger partial charge in [0.15, 0.2) is 0 Å². The van der Waals surface area contributed by atoms with Crippen LogP contribution in [-0.4, -0.2) is 34.5 Å². The smallest absolute Gasteiger partial charge is 0.234 e. The third kappa shape index (κ3) is 4.69. The number of amides is 2. The first-order chi connectivity index (χ1) is 17.5. The number of fused-ring (bicyclic) bond motifs is 3. The van der Waals surface area contributed by atoms with Crippen molar-refractivity contribution in [2.45, 2.75) is 65.0 Å².